The quantitative estimate of drug-likeness (QED) is 0.274. The predicted molar refractivity (Wildman–Crippen MR) is 129 cm³/mol. The molecule has 0 aliphatic heterocycles. The summed E-state index contributed by atoms with van der Waals surface area (Å²) in [5, 5.41) is 0. The molecule has 198 valence electrons. The third-order valence-corrected chi connectivity index (χ3v) is 6.86. The SMILES string of the molecule is CCCC1CCC(c2ccc(C(F)(F)Oc3ccccc3-c3ccc(OC(F)(F)F)c(F)c3)cc2)CC1. The molecule has 3 aromatic rings. The molecule has 0 saturated heterocycles. The molecule has 1 aliphatic carbocycles. The van der Waals surface area contributed by atoms with Crippen molar-refractivity contribution >= 4 is 0 Å². The molecule has 0 N–H and O–H groups in total. The van der Waals surface area contributed by atoms with Gasteiger partial charge in [-0.3, -0.25) is 0 Å². The highest BCUT2D eigenvalue weighted by atomic mass is 19.4. The third kappa shape index (κ3) is 6.79. The van der Waals surface area contributed by atoms with Crippen LogP contribution in [0.1, 0.15) is 62.5 Å². The van der Waals surface area contributed by atoms with Crippen molar-refractivity contribution in [2.75, 3.05) is 0 Å². The van der Waals surface area contributed by atoms with Gasteiger partial charge in [-0.15, -0.1) is 13.2 Å². The number of rotatable bonds is 8. The highest BCUT2D eigenvalue weighted by Crippen LogP contribution is 2.41. The molecular weight excluding hydrogens is 494 g/mol. The van der Waals surface area contributed by atoms with Crippen molar-refractivity contribution in [2.45, 2.75) is 63.8 Å². The maximum atomic E-state index is 15.1. The Morgan fingerprint density at radius 3 is 2.08 bits per heavy atom. The van der Waals surface area contributed by atoms with Gasteiger partial charge in [0.2, 0.25) is 0 Å². The summed E-state index contributed by atoms with van der Waals surface area (Å²) in [4.78, 5) is 0. The van der Waals surface area contributed by atoms with E-state index < -0.39 is 24.0 Å². The van der Waals surface area contributed by atoms with Crippen LogP contribution in [0.2, 0.25) is 0 Å². The summed E-state index contributed by atoms with van der Waals surface area (Å²) in [6.07, 6.45) is -1.94. The van der Waals surface area contributed by atoms with E-state index in [0.717, 1.165) is 55.4 Å². The lowest BCUT2D eigenvalue weighted by molar-refractivity contribution is -0.275. The van der Waals surface area contributed by atoms with E-state index in [-0.39, 0.29) is 22.4 Å². The zero-order valence-corrected chi connectivity index (χ0v) is 20.3. The van der Waals surface area contributed by atoms with Gasteiger partial charge in [-0.1, -0.05) is 56.2 Å². The minimum absolute atomic E-state index is 0.0625. The van der Waals surface area contributed by atoms with Crippen LogP contribution < -0.4 is 9.47 Å². The Balaban J connectivity index is 1.50. The van der Waals surface area contributed by atoms with Gasteiger partial charge in [0, 0.05) is 5.56 Å². The second-order valence-electron chi connectivity index (χ2n) is 9.44. The van der Waals surface area contributed by atoms with Crippen LogP contribution in [0.4, 0.5) is 26.3 Å². The number of para-hydroxylation sites is 1. The lowest BCUT2D eigenvalue weighted by atomic mass is 9.77. The fourth-order valence-corrected chi connectivity index (χ4v) is 5.01. The Labute approximate surface area is 212 Å². The van der Waals surface area contributed by atoms with Crippen molar-refractivity contribution in [3.05, 3.63) is 83.7 Å². The van der Waals surface area contributed by atoms with Gasteiger partial charge in [-0.2, -0.15) is 8.78 Å². The number of hydrogen-bond donors (Lipinski definition) is 0. The fraction of sp³-hybridized carbons (Fsp3) is 0.379. The molecule has 0 bridgehead atoms. The number of halogens is 6. The molecule has 0 spiro atoms. The van der Waals surface area contributed by atoms with Gasteiger partial charge >= 0.3 is 12.5 Å². The third-order valence-electron chi connectivity index (χ3n) is 6.86. The average Bonchev–Trinajstić information content (AvgIpc) is 2.85. The predicted octanol–water partition coefficient (Wildman–Crippen LogP) is 9.59. The largest absolute Gasteiger partial charge is 0.573 e. The smallest absolute Gasteiger partial charge is 0.428 e. The lowest BCUT2D eigenvalue weighted by Gasteiger charge is -2.29. The molecule has 2 nitrogen and oxygen atoms in total. The molecule has 0 atom stereocenters. The van der Waals surface area contributed by atoms with Gasteiger partial charge in [0.25, 0.3) is 0 Å². The minimum Gasteiger partial charge on any atom is -0.428 e. The molecule has 37 heavy (non-hydrogen) atoms. The minimum atomic E-state index is -5.06. The van der Waals surface area contributed by atoms with Crippen LogP contribution in [-0.4, -0.2) is 6.36 Å². The molecule has 1 aliphatic rings. The second kappa shape index (κ2) is 11.1. The van der Waals surface area contributed by atoms with Crippen molar-refractivity contribution in [3.8, 4) is 22.6 Å². The molecule has 1 fully saturated rings. The molecule has 0 aromatic heterocycles. The van der Waals surface area contributed by atoms with Gasteiger partial charge in [0.05, 0.1) is 5.56 Å². The van der Waals surface area contributed by atoms with Crippen LogP contribution in [0.15, 0.2) is 66.7 Å². The van der Waals surface area contributed by atoms with E-state index in [9.17, 15) is 17.6 Å². The molecule has 3 aromatic carbocycles. The Bertz CT molecular complexity index is 1180. The normalized spacial score (nSPS) is 18.5. The first-order chi connectivity index (χ1) is 17.6. The molecule has 0 amide bonds. The fourth-order valence-electron chi connectivity index (χ4n) is 5.01. The van der Waals surface area contributed by atoms with Crippen LogP contribution in [0.3, 0.4) is 0 Å². The first-order valence-electron chi connectivity index (χ1n) is 12.4. The first-order valence-corrected chi connectivity index (χ1v) is 12.4. The second-order valence-corrected chi connectivity index (χ2v) is 9.44. The Morgan fingerprint density at radius 1 is 0.784 bits per heavy atom. The molecule has 0 radical (unpaired) electrons. The Kier molecular flexibility index (Phi) is 8.05. The maximum Gasteiger partial charge on any atom is 0.573 e. The van der Waals surface area contributed by atoms with Crippen LogP contribution in [0.25, 0.3) is 11.1 Å². The van der Waals surface area contributed by atoms with E-state index in [1.54, 1.807) is 12.1 Å². The van der Waals surface area contributed by atoms with Gasteiger partial charge in [-0.25, -0.2) is 4.39 Å². The van der Waals surface area contributed by atoms with Crippen molar-refractivity contribution in [1.82, 2.24) is 0 Å². The number of benzene rings is 3. The topological polar surface area (TPSA) is 18.5 Å². The van der Waals surface area contributed by atoms with E-state index in [1.807, 2.05) is 0 Å². The van der Waals surface area contributed by atoms with Gasteiger partial charge in [-0.05, 0) is 79.0 Å². The first kappa shape index (κ1) is 26.9. The lowest BCUT2D eigenvalue weighted by Crippen LogP contribution is -2.22. The van der Waals surface area contributed by atoms with E-state index in [0.29, 0.717) is 5.92 Å². The number of ether oxygens (including phenoxy) is 2. The molecule has 4 rings (SSSR count). The van der Waals surface area contributed by atoms with E-state index in [4.69, 9.17) is 4.74 Å². The van der Waals surface area contributed by atoms with Crippen LogP contribution in [0.5, 0.6) is 11.5 Å². The summed E-state index contributed by atoms with van der Waals surface area (Å²) in [6, 6.07) is 14.6. The van der Waals surface area contributed by atoms with Gasteiger partial charge in [0.15, 0.2) is 11.6 Å². The van der Waals surface area contributed by atoms with Crippen molar-refractivity contribution in [2.24, 2.45) is 5.92 Å². The summed E-state index contributed by atoms with van der Waals surface area (Å²) in [5.41, 5.74) is 0.866. The van der Waals surface area contributed by atoms with Gasteiger partial charge in [0.1, 0.15) is 5.75 Å². The van der Waals surface area contributed by atoms with E-state index in [1.165, 1.54) is 49.2 Å². The zero-order chi connectivity index (χ0) is 26.6. The van der Waals surface area contributed by atoms with Crippen LogP contribution in [0, 0.1) is 11.7 Å². The highest BCUT2D eigenvalue weighted by molar-refractivity contribution is 5.71. The number of hydrogen-bond acceptors (Lipinski definition) is 2. The van der Waals surface area contributed by atoms with Crippen molar-refractivity contribution < 1.29 is 35.8 Å². The summed E-state index contributed by atoms with van der Waals surface area (Å²) < 4.78 is 90.5. The average molecular weight is 523 g/mol. The Hall–Kier alpha value is -3.16. The van der Waals surface area contributed by atoms with Crippen LogP contribution >= 0.6 is 0 Å². The standard InChI is InChI=1S/C29H28F6O2/c1-2-5-19-8-10-20(11-9-19)21-12-15-23(16-13-21)28(31,32)36-26-7-4-3-6-24(26)22-14-17-27(25(30)18-22)37-29(33,34)35/h3-4,6-7,12-20H,2,5,8-11H2,1H3. The molecular formula is C29H28F6O2. The summed E-state index contributed by atoms with van der Waals surface area (Å²) in [5.74, 6) is -1.43. The zero-order valence-electron chi connectivity index (χ0n) is 20.3. The van der Waals surface area contributed by atoms with Gasteiger partial charge < -0.3 is 9.47 Å². The molecule has 0 heterocycles. The van der Waals surface area contributed by atoms with Crippen LogP contribution in [-0.2, 0) is 6.11 Å². The monoisotopic (exact) mass is 522 g/mol. The van der Waals surface area contributed by atoms with Crippen molar-refractivity contribution in [3.63, 3.8) is 0 Å². The highest BCUT2D eigenvalue weighted by Gasteiger charge is 2.36. The summed E-state index contributed by atoms with van der Waals surface area (Å²) in [7, 11) is 0. The summed E-state index contributed by atoms with van der Waals surface area (Å²) >= 11 is 0. The molecule has 1 saturated carbocycles. The maximum absolute atomic E-state index is 15.1. The number of alkyl halides is 5. The van der Waals surface area contributed by atoms with E-state index in [2.05, 4.69) is 11.7 Å². The molecule has 0 unspecified atom stereocenters. The van der Waals surface area contributed by atoms with E-state index >= 15 is 8.78 Å². The van der Waals surface area contributed by atoms with Crippen molar-refractivity contribution in [1.29, 1.82) is 0 Å². The molecule has 8 heteroatoms. The Morgan fingerprint density at radius 2 is 1.46 bits per heavy atom. The summed E-state index contributed by atoms with van der Waals surface area (Å²) in [6.45, 7) is 2.19.